The number of rotatable bonds is 6. The van der Waals surface area contributed by atoms with E-state index in [-0.39, 0.29) is 0 Å². The second-order valence-corrected chi connectivity index (χ2v) is 4.88. The van der Waals surface area contributed by atoms with E-state index in [1.807, 2.05) is 19.1 Å². The van der Waals surface area contributed by atoms with Gasteiger partial charge in [0.25, 0.3) is 0 Å². The van der Waals surface area contributed by atoms with Gasteiger partial charge in [-0.1, -0.05) is 13.0 Å². The first-order chi connectivity index (χ1) is 8.62. The number of carboxylic acid groups (broad SMARTS) is 1. The van der Waals surface area contributed by atoms with Gasteiger partial charge >= 0.3 is 5.97 Å². The Labute approximate surface area is 111 Å². The normalized spacial score (nSPS) is 11.6. The Morgan fingerprint density at radius 2 is 2.33 bits per heavy atom. The number of methoxy groups -OCH3 is 1. The van der Waals surface area contributed by atoms with Crippen molar-refractivity contribution in [1.29, 1.82) is 5.26 Å². The summed E-state index contributed by atoms with van der Waals surface area (Å²) in [5.41, 5.74) is 1.44. The molecule has 0 aliphatic rings. The SMILES string of the molecule is CCC(SCc1ccc(C#N)c(OC)c1)C(=O)O. The topological polar surface area (TPSA) is 70.3 Å². The Balaban J connectivity index is 2.74. The van der Waals surface area contributed by atoms with Crippen molar-refractivity contribution in [2.24, 2.45) is 0 Å². The number of hydrogen-bond donors (Lipinski definition) is 1. The molecule has 0 aliphatic heterocycles. The quantitative estimate of drug-likeness (QED) is 0.856. The molecule has 0 spiro atoms. The van der Waals surface area contributed by atoms with Gasteiger partial charge < -0.3 is 9.84 Å². The summed E-state index contributed by atoms with van der Waals surface area (Å²) in [6, 6.07) is 7.33. The van der Waals surface area contributed by atoms with E-state index in [0.717, 1.165) is 5.56 Å². The van der Waals surface area contributed by atoms with Crippen molar-refractivity contribution in [3.8, 4) is 11.8 Å². The number of nitriles is 1. The molecule has 1 rings (SSSR count). The second kappa shape index (κ2) is 6.92. The van der Waals surface area contributed by atoms with Crippen LogP contribution in [0.2, 0.25) is 0 Å². The van der Waals surface area contributed by atoms with Gasteiger partial charge in [-0.25, -0.2) is 0 Å². The third-order valence-corrected chi connectivity index (χ3v) is 3.92. The van der Waals surface area contributed by atoms with Crippen LogP contribution < -0.4 is 4.74 Å². The Hall–Kier alpha value is -1.67. The van der Waals surface area contributed by atoms with Gasteiger partial charge in [0.2, 0.25) is 0 Å². The predicted octanol–water partition coefficient (Wildman–Crippen LogP) is 2.66. The molecule has 1 unspecified atom stereocenters. The Morgan fingerprint density at radius 1 is 1.61 bits per heavy atom. The molecular weight excluding hydrogens is 250 g/mol. The molecule has 0 radical (unpaired) electrons. The van der Waals surface area contributed by atoms with E-state index in [1.165, 1.54) is 18.9 Å². The molecular formula is C13H15NO3S. The fraction of sp³-hybridized carbons (Fsp3) is 0.385. The van der Waals surface area contributed by atoms with Crippen LogP contribution in [0.5, 0.6) is 5.75 Å². The molecule has 0 aromatic heterocycles. The fourth-order valence-electron chi connectivity index (χ4n) is 1.48. The number of ether oxygens (including phenoxy) is 1. The first kappa shape index (κ1) is 14.4. The lowest BCUT2D eigenvalue weighted by molar-refractivity contribution is -0.136. The lowest BCUT2D eigenvalue weighted by Gasteiger charge is -2.10. The fourth-order valence-corrected chi connectivity index (χ4v) is 2.43. The highest BCUT2D eigenvalue weighted by Crippen LogP contribution is 2.25. The number of aliphatic carboxylic acids is 1. The zero-order chi connectivity index (χ0) is 13.5. The van der Waals surface area contributed by atoms with Gasteiger partial charge in [0.05, 0.1) is 12.7 Å². The van der Waals surface area contributed by atoms with Crippen molar-refractivity contribution in [1.82, 2.24) is 0 Å². The highest BCUT2D eigenvalue weighted by Gasteiger charge is 2.15. The van der Waals surface area contributed by atoms with E-state index in [0.29, 0.717) is 23.5 Å². The van der Waals surface area contributed by atoms with Gasteiger partial charge in [-0.2, -0.15) is 5.26 Å². The molecule has 1 aromatic rings. The summed E-state index contributed by atoms with van der Waals surface area (Å²) >= 11 is 1.38. The van der Waals surface area contributed by atoms with Crippen LogP contribution in [0.3, 0.4) is 0 Å². The Bertz CT molecular complexity index is 468. The smallest absolute Gasteiger partial charge is 0.316 e. The van der Waals surface area contributed by atoms with Crippen LogP contribution in [0.4, 0.5) is 0 Å². The van der Waals surface area contributed by atoms with Gasteiger partial charge in [0, 0.05) is 5.75 Å². The summed E-state index contributed by atoms with van der Waals surface area (Å²) in [5, 5.41) is 17.4. The molecule has 4 nitrogen and oxygen atoms in total. The Kier molecular flexibility index (Phi) is 5.53. The Morgan fingerprint density at radius 3 is 2.83 bits per heavy atom. The predicted molar refractivity (Wildman–Crippen MR) is 70.7 cm³/mol. The van der Waals surface area contributed by atoms with Crippen LogP contribution in [0.25, 0.3) is 0 Å². The monoisotopic (exact) mass is 265 g/mol. The van der Waals surface area contributed by atoms with Crippen LogP contribution in [0, 0.1) is 11.3 Å². The number of carbonyl (C=O) groups is 1. The summed E-state index contributed by atoms with van der Waals surface area (Å²) in [4.78, 5) is 10.9. The van der Waals surface area contributed by atoms with Crippen LogP contribution in [0.15, 0.2) is 18.2 Å². The van der Waals surface area contributed by atoms with E-state index in [2.05, 4.69) is 0 Å². The minimum Gasteiger partial charge on any atom is -0.495 e. The molecule has 0 bridgehead atoms. The van der Waals surface area contributed by atoms with E-state index < -0.39 is 11.2 Å². The zero-order valence-electron chi connectivity index (χ0n) is 10.3. The van der Waals surface area contributed by atoms with Crippen molar-refractivity contribution in [3.63, 3.8) is 0 Å². The van der Waals surface area contributed by atoms with Crippen molar-refractivity contribution in [2.45, 2.75) is 24.3 Å². The standard InChI is InChI=1S/C13H15NO3S/c1-3-12(13(15)16)18-8-9-4-5-10(7-14)11(6-9)17-2/h4-6,12H,3,8H2,1-2H3,(H,15,16). The molecule has 0 amide bonds. The van der Waals surface area contributed by atoms with Crippen molar-refractivity contribution in [3.05, 3.63) is 29.3 Å². The van der Waals surface area contributed by atoms with Gasteiger partial charge in [-0.3, -0.25) is 4.79 Å². The molecule has 0 saturated carbocycles. The number of hydrogen-bond acceptors (Lipinski definition) is 4. The molecule has 0 saturated heterocycles. The molecule has 1 N–H and O–H groups in total. The molecule has 96 valence electrons. The third kappa shape index (κ3) is 3.67. The van der Waals surface area contributed by atoms with Crippen LogP contribution in [-0.4, -0.2) is 23.4 Å². The molecule has 1 atom stereocenters. The average molecular weight is 265 g/mol. The first-order valence-corrected chi connectivity index (χ1v) is 6.58. The van der Waals surface area contributed by atoms with E-state index in [1.54, 1.807) is 12.1 Å². The maximum atomic E-state index is 10.9. The summed E-state index contributed by atoms with van der Waals surface area (Å²) in [5.74, 6) is 0.328. The molecule has 0 heterocycles. The summed E-state index contributed by atoms with van der Waals surface area (Å²) < 4.78 is 5.11. The zero-order valence-corrected chi connectivity index (χ0v) is 11.2. The minimum atomic E-state index is -0.789. The van der Waals surface area contributed by atoms with Crippen LogP contribution in [0.1, 0.15) is 24.5 Å². The van der Waals surface area contributed by atoms with Crippen LogP contribution in [-0.2, 0) is 10.5 Å². The van der Waals surface area contributed by atoms with Gasteiger partial charge in [0.1, 0.15) is 17.1 Å². The third-order valence-electron chi connectivity index (χ3n) is 2.48. The van der Waals surface area contributed by atoms with Crippen LogP contribution >= 0.6 is 11.8 Å². The number of nitrogens with zero attached hydrogens (tertiary/aromatic N) is 1. The second-order valence-electron chi connectivity index (χ2n) is 3.69. The highest BCUT2D eigenvalue weighted by atomic mass is 32.2. The minimum absolute atomic E-state index is 0.397. The summed E-state index contributed by atoms with van der Waals surface area (Å²) in [7, 11) is 1.51. The highest BCUT2D eigenvalue weighted by molar-refractivity contribution is 7.99. The lowest BCUT2D eigenvalue weighted by Crippen LogP contribution is -2.15. The van der Waals surface area contributed by atoms with Gasteiger partial charge in [0.15, 0.2) is 0 Å². The number of carboxylic acids is 1. The maximum absolute atomic E-state index is 10.9. The van der Waals surface area contributed by atoms with Crippen molar-refractivity contribution < 1.29 is 14.6 Å². The lowest BCUT2D eigenvalue weighted by atomic mass is 10.1. The largest absolute Gasteiger partial charge is 0.495 e. The number of thioether (sulfide) groups is 1. The van der Waals surface area contributed by atoms with Crippen molar-refractivity contribution in [2.75, 3.05) is 7.11 Å². The molecule has 0 aliphatic carbocycles. The van der Waals surface area contributed by atoms with Gasteiger partial charge in [-0.05, 0) is 24.1 Å². The van der Waals surface area contributed by atoms with Crippen molar-refractivity contribution >= 4 is 17.7 Å². The summed E-state index contributed by atoms with van der Waals surface area (Å²) in [6.45, 7) is 1.85. The molecule has 18 heavy (non-hydrogen) atoms. The van der Waals surface area contributed by atoms with Gasteiger partial charge in [-0.15, -0.1) is 11.8 Å². The first-order valence-electron chi connectivity index (χ1n) is 5.53. The number of benzene rings is 1. The molecule has 5 heteroatoms. The van der Waals surface area contributed by atoms with E-state index >= 15 is 0 Å². The molecule has 1 aromatic carbocycles. The van der Waals surface area contributed by atoms with E-state index in [9.17, 15) is 4.79 Å². The maximum Gasteiger partial charge on any atom is 0.316 e. The average Bonchev–Trinajstić information content (AvgIpc) is 2.38. The summed E-state index contributed by atoms with van der Waals surface area (Å²) in [6.07, 6.45) is 0.591. The van der Waals surface area contributed by atoms with E-state index in [4.69, 9.17) is 15.1 Å². The molecule has 0 fully saturated rings.